The third-order valence-electron chi connectivity index (χ3n) is 5.42. The Kier molecular flexibility index (Phi) is 4.23. The number of nitrogens with zero attached hydrogens (tertiary/aromatic N) is 3. The van der Waals surface area contributed by atoms with Crippen molar-refractivity contribution in [2.45, 2.75) is 19.5 Å². The first-order valence-electron chi connectivity index (χ1n) is 9.57. The second kappa shape index (κ2) is 6.78. The highest BCUT2D eigenvalue weighted by Gasteiger charge is 2.36. The van der Waals surface area contributed by atoms with Gasteiger partial charge in [-0.2, -0.15) is 18.3 Å². The van der Waals surface area contributed by atoms with Crippen molar-refractivity contribution >= 4 is 28.7 Å². The molecule has 32 heavy (non-hydrogen) atoms. The summed E-state index contributed by atoms with van der Waals surface area (Å²) in [6.45, 7) is 1.83. The minimum atomic E-state index is -4.81. The Hall–Kier alpha value is -3.95. The van der Waals surface area contributed by atoms with Crippen molar-refractivity contribution in [2.24, 2.45) is 0 Å². The van der Waals surface area contributed by atoms with E-state index in [1.165, 1.54) is 17.0 Å². The third kappa shape index (κ3) is 3.15. The van der Waals surface area contributed by atoms with Crippen molar-refractivity contribution in [1.29, 1.82) is 0 Å². The standard InChI is InChI=1S/C22H15F4N5O/c1-10-29-18-3-2-14(8-19(18)30-10)31-21(27)15(9-28-31)20(32)13-4-11-6-16(22(24,25)26)17(23)7-12(11)5-13/h2-3,5-9H,4,27H2,1H3,(H,29,30). The monoisotopic (exact) mass is 441 g/mol. The van der Waals surface area contributed by atoms with E-state index < -0.39 is 23.3 Å². The Morgan fingerprint density at radius 1 is 1.22 bits per heavy atom. The lowest BCUT2D eigenvalue weighted by atomic mass is 10.0. The molecule has 4 aromatic rings. The Morgan fingerprint density at radius 3 is 2.75 bits per heavy atom. The minimum Gasteiger partial charge on any atom is -0.383 e. The van der Waals surface area contributed by atoms with E-state index in [0.717, 1.165) is 29.0 Å². The van der Waals surface area contributed by atoms with Crippen LogP contribution in [0.4, 0.5) is 23.4 Å². The number of allylic oxidation sites excluding steroid dienone is 1. The van der Waals surface area contributed by atoms with Crippen LogP contribution in [0, 0.1) is 12.7 Å². The van der Waals surface area contributed by atoms with E-state index >= 15 is 0 Å². The van der Waals surface area contributed by atoms with Crippen LogP contribution in [0.15, 0.2) is 42.1 Å². The van der Waals surface area contributed by atoms with Crippen LogP contribution in [0.3, 0.4) is 0 Å². The number of aryl methyl sites for hydroxylation is 1. The van der Waals surface area contributed by atoms with Crippen LogP contribution in [0.1, 0.15) is 32.9 Å². The normalized spacial score (nSPS) is 13.5. The molecule has 0 bridgehead atoms. The van der Waals surface area contributed by atoms with Gasteiger partial charge in [0.05, 0.1) is 34.0 Å². The molecule has 0 radical (unpaired) electrons. The molecule has 0 atom stereocenters. The second-order valence-electron chi connectivity index (χ2n) is 7.58. The predicted octanol–water partition coefficient (Wildman–Crippen LogP) is 4.62. The third-order valence-corrected chi connectivity index (χ3v) is 5.42. The summed E-state index contributed by atoms with van der Waals surface area (Å²) in [4.78, 5) is 20.5. The highest BCUT2D eigenvalue weighted by Crippen LogP contribution is 2.37. The number of fused-ring (bicyclic) bond motifs is 2. The van der Waals surface area contributed by atoms with Crippen LogP contribution in [0.25, 0.3) is 22.8 Å². The zero-order chi connectivity index (χ0) is 22.8. The van der Waals surface area contributed by atoms with Gasteiger partial charge in [0.15, 0.2) is 5.78 Å². The van der Waals surface area contributed by atoms with E-state index in [1.807, 2.05) is 6.92 Å². The molecule has 6 nitrogen and oxygen atoms in total. The van der Waals surface area contributed by atoms with Crippen molar-refractivity contribution < 1.29 is 22.4 Å². The molecule has 0 fully saturated rings. The summed E-state index contributed by atoms with van der Waals surface area (Å²) in [6, 6.07) is 6.88. The molecule has 162 valence electrons. The number of nitrogens with two attached hydrogens (primary N) is 1. The molecule has 2 aromatic carbocycles. The number of Topliss-reactive ketones (excluding diaryl/α,β-unsaturated/α-hetero) is 1. The van der Waals surface area contributed by atoms with Gasteiger partial charge in [0, 0.05) is 12.0 Å². The predicted molar refractivity (Wildman–Crippen MR) is 110 cm³/mol. The number of nitrogen functional groups attached to an aromatic ring is 1. The zero-order valence-electron chi connectivity index (χ0n) is 16.6. The summed E-state index contributed by atoms with van der Waals surface area (Å²) >= 11 is 0. The Labute approximate surface area is 178 Å². The number of halogens is 4. The smallest absolute Gasteiger partial charge is 0.383 e. The molecule has 3 N–H and O–H groups in total. The topological polar surface area (TPSA) is 89.6 Å². The zero-order valence-corrected chi connectivity index (χ0v) is 16.6. The molecule has 0 amide bonds. The van der Waals surface area contributed by atoms with Gasteiger partial charge < -0.3 is 10.7 Å². The number of rotatable bonds is 3. The number of nitrogens with one attached hydrogen (secondary N) is 1. The van der Waals surface area contributed by atoms with Gasteiger partial charge in [0.2, 0.25) is 0 Å². The molecule has 0 spiro atoms. The fourth-order valence-electron chi connectivity index (χ4n) is 3.90. The number of imidazole rings is 1. The summed E-state index contributed by atoms with van der Waals surface area (Å²) in [5.41, 5.74) is 7.78. The number of alkyl halides is 3. The van der Waals surface area contributed by atoms with Crippen molar-refractivity contribution in [3.05, 3.63) is 76.0 Å². The molecule has 1 aliphatic rings. The molecule has 1 aliphatic carbocycles. The summed E-state index contributed by atoms with van der Waals surface area (Å²) in [5.74, 6) is -1.01. The first-order valence-corrected chi connectivity index (χ1v) is 9.57. The largest absolute Gasteiger partial charge is 0.419 e. The van der Waals surface area contributed by atoms with Crippen LogP contribution in [-0.2, 0) is 12.6 Å². The maximum Gasteiger partial charge on any atom is 0.419 e. The molecular weight excluding hydrogens is 426 g/mol. The van der Waals surface area contributed by atoms with Crippen LogP contribution < -0.4 is 5.73 Å². The Balaban J connectivity index is 1.46. The summed E-state index contributed by atoms with van der Waals surface area (Å²) in [7, 11) is 0. The van der Waals surface area contributed by atoms with E-state index in [9.17, 15) is 22.4 Å². The average molecular weight is 441 g/mol. The fourth-order valence-corrected chi connectivity index (χ4v) is 3.90. The molecule has 0 saturated heterocycles. The quantitative estimate of drug-likeness (QED) is 0.359. The highest BCUT2D eigenvalue weighted by atomic mass is 19.4. The van der Waals surface area contributed by atoms with Crippen LogP contribution in [0.2, 0.25) is 0 Å². The number of carbonyl (C=O) groups is 1. The molecule has 5 rings (SSSR count). The van der Waals surface area contributed by atoms with Crippen molar-refractivity contribution in [3.63, 3.8) is 0 Å². The first kappa shape index (κ1) is 20.0. The number of benzene rings is 2. The van der Waals surface area contributed by atoms with Gasteiger partial charge in [-0.05, 0) is 54.5 Å². The van der Waals surface area contributed by atoms with Crippen molar-refractivity contribution in [3.8, 4) is 5.69 Å². The lowest BCUT2D eigenvalue weighted by Gasteiger charge is -2.10. The minimum absolute atomic E-state index is 0.0540. The number of anilines is 1. The van der Waals surface area contributed by atoms with E-state index in [2.05, 4.69) is 15.1 Å². The van der Waals surface area contributed by atoms with E-state index in [1.54, 1.807) is 18.2 Å². The molecule has 2 aromatic heterocycles. The van der Waals surface area contributed by atoms with Gasteiger partial charge in [-0.25, -0.2) is 14.1 Å². The summed E-state index contributed by atoms with van der Waals surface area (Å²) in [5, 5.41) is 4.20. The lowest BCUT2D eigenvalue weighted by Crippen LogP contribution is -2.10. The van der Waals surface area contributed by atoms with Gasteiger partial charge in [-0.15, -0.1) is 0 Å². The molecule has 10 heteroatoms. The van der Waals surface area contributed by atoms with Crippen molar-refractivity contribution in [1.82, 2.24) is 19.7 Å². The van der Waals surface area contributed by atoms with Gasteiger partial charge in [-0.1, -0.05) is 0 Å². The fraction of sp³-hybridized carbons (Fsp3) is 0.136. The number of H-pyrrole nitrogens is 1. The molecule has 0 saturated carbocycles. The molecule has 0 unspecified atom stereocenters. The van der Waals surface area contributed by atoms with Crippen LogP contribution in [0.5, 0.6) is 0 Å². The second-order valence-corrected chi connectivity index (χ2v) is 7.58. The SMILES string of the molecule is Cc1nc2ccc(-n3ncc(C(=O)C4=Cc5cc(F)c(C(F)(F)F)cc5C4)c3N)cc2[nH]1. The van der Waals surface area contributed by atoms with Gasteiger partial charge in [0.1, 0.15) is 17.5 Å². The number of hydrogen-bond acceptors (Lipinski definition) is 4. The summed E-state index contributed by atoms with van der Waals surface area (Å²) < 4.78 is 54.3. The van der Waals surface area contributed by atoms with Crippen LogP contribution in [-0.4, -0.2) is 25.5 Å². The molecule has 2 heterocycles. The molecule has 0 aliphatic heterocycles. The average Bonchev–Trinajstić information content (AvgIpc) is 3.40. The first-order chi connectivity index (χ1) is 15.1. The van der Waals surface area contributed by atoms with E-state index in [0.29, 0.717) is 5.69 Å². The number of carbonyl (C=O) groups excluding carboxylic acids is 1. The van der Waals surface area contributed by atoms with Gasteiger partial charge >= 0.3 is 6.18 Å². The maximum atomic E-state index is 13.9. The highest BCUT2D eigenvalue weighted by molar-refractivity contribution is 6.15. The number of aromatic nitrogens is 4. The number of hydrogen-bond donors (Lipinski definition) is 2. The van der Waals surface area contributed by atoms with Gasteiger partial charge in [-0.3, -0.25) is 4.79 Å². The van der Waals surface area contributed by atoms with Crippen LogP contribution >= 0.6 is 0 Å². The lowest BCUT2D eigenvalue weighted by molar-refractivity contribution is -0.140. The summed E-state index contributed by atoms with van der Waals surface area (Å²) in [6.07, 6.45) is -2.17. The number of aromatic amines is 1. The molecular formula is C22H15F4N5O. The Bertz CT molecular complexity index is 1440. The van der Waals surface area contributed by atoms with Crippen molar-refractivity contribution in [2.75, 3.05) is 5.73 Å². The Morgan fingerprint density at radius 2 is 2.00 bits per heavy atom. The van der Waals surface area contributed by atoms with E-state index in [4.69, 9.17) is 5.73 Å². The number of ketones is 1. The van der Waals surface area contributed by atoms with E-state index in [-0.39, 0.29) is 34.5 Å². The van der Waals surface area contributed by atoms with Gasteiger partial charge in [0.25, 0.3) is 0 Å². The maximum absolute atomic E-state index is 13.9.